The number of halogens is 2. The van der Waals surface area contributed by atoms with Crippen molar-refractivity contribution >= 4 is 29.2 Å². The van der Waals surface area contributed by atoms with Crippen LogP contribution in [0.2, 0.25) is 10.0 Å². The summed E-state index contributed by atoms with van der Waals surface area (Å²) in [4.78, 5) is 11.6. The summed E-state index contributed by atoms with van der Waals surface area (Å²) in [6, 6.07) is 8.96. The Morgan fingerprint density at radius 1 is 1.13 bits per heavy atom. The maximum Gasteiger partial charge on any atom is 0.345 e. The minimum absolute atomic E-state index is 0.207. The lowest BCUT2D eigenvalue weighted by Crippen LogP contribution is -2.29. The highest BCUT2D eigenvalue weighted by Crippen LogP contribution is 2.27. The molecule has 5 heteroatoms. The average Bonchev–Trinajstić information content (AvgIpc) is 2.47. The molecular formula is C18H18Cl2O3. The highest BCUT2D eigenvalue weighted by atomic mass is 35.5. The van der Waals surface area contributed by atoms with Gasteiger partial charge in [-0.1, -0.05) is 35.3 Å². The van der Waals surface area contributed by atoms with Crippen molar-refractivity contribution in [2.24, 2.45) is 0 Å². The number of ether oxygens (including phenoxy) is 1. The zero-order valence-electron chi connectivity index (χ0n) is 13.2. The van der Waals surface area contributed by atoms with Crippen molar-refractivity contribution in [1.29, 1.82) is 0 Å². The zero-order valence-corrected chi connectivity index (χ0v) is 14.7. The predicted octanol–water partition coefficient (Wildman–Crippen LogP) is 4.99. The molecule has 0 aromatic heterocycles. The van der Waals surface area contributed by atoms with Crippen LogP contribution in [0.1, 0.15) is 22.3 Å². The lowest BCUT2D eigenvalue weighted by Gasteiger charge is -2.18. The summed E-state index contributed by atoms with van der Waals surface area (Å²) in [5, 5.41) is 10.3. The Labute approximate surface area is 145 Å². The van der Waals surface area contributed by atoms with Gasteiger partial charge in [-0.05, 0) is 61.2 Å². The standard InChI is InChI=1S/C18H18Cl2O3/c1-10-6-11(2)12(3)16(7-10)23-17(18(21)22)9-13-4-5-14(19)15(20)8-13/h4-8,17H,9H2,1-3H3,(H,21,22). The molecule has 0 saturated carbocycles. The summed E-state index contributed by atoms with van der Waals surface area (Å²) in [7, 11) is 0. The van der Waals surface area contributed by atoms with Gasteiger partial charge >= 0.3 is 5.97 Å². The number of carboxylic acid groups (broad SMARTS) is 1. The molecule has 0 spiro atoms. The second kappa shape index (κ2) is 7.24. The number of hydrogen-bond acceptors (Lipinski definition) is 2. The van der Waals surface area contributed by atoms with Gasteiger partial charge in [0.05, 0.1) is 10.0 Å². The topological polar surface area (TPSA) is 46.5 Å². The second-order valence-corrected chi connectivity index (χ2v) is 6.42. The Morgan fingerprint density at radius 2 is 1.83 bits per heavy atom. The molecule has 0 bridgehead atoms. The minimum atomic E-state index is -1.02. The number of carbonyl (C=O) groups is 1. The van der Waals surface area contributed by atoms with E-state index in [0.717, 1.165) is 22.3 Å². The molecule has 0 aliphatic carbocycles. The third kappa shape index (κ3) is 4.40. The Bertz CT molecular complexity index is 741. The molecule has 2 aromatic rings. The van der Waals surface area contributed by atoms with Crippen molar-refractivity contribution in [3.63, 3.8) is 0 Å². The Balaban J connectivity index is 2.26. The molecule has 0 saturated heterocycles. The molecule has 0 radical (unpaired) electrons. The smallest absolute Gasteiger partial charge is 0.345 e. The van der Waals surface area contributed by atoms with Gasteiger partial charge in [-0.15, -0.1) is 0 Å². The fourth-order valence-corrected chi connectivity index (χ4v) is 2.66. The molecule has 1 N–H and O–H groups in total. The minimum Gasteiger partial charge on any atom is -0.478 e. The summed E-state index contributed by atoms with van der Waals surface area (Å²) < 4.78 is 5.77. The van der Waals surface area contributed by atoms with Gasteiger partial charge < -0.3 is 9.84 Å². The van der Waals surface area contributed by atoms with Crippen LogP contribution in [-0.2, 0) is 11.2 Å². The summed E-state index contributed by atoms with van der Waals surface area (Å²) in [6.45, 7) is 5.85. The van der Waals surface area contributed by atoms with Crippen molar-refractivity contribution in [3.05, 3.63) is 62.6 Å². The predicted molar refractivity (Wildman–Crippen MR) is 92.9 cm³/mol. The van der Waals surface area contributed by atoms with Crippen LogP contribution in [0, 0.1) is 20.8 Å². The van der Waals surface area contributed by atoms with Gasteiger partial charge in [0, 0.05) is 6.42 Å². The van der Waals surface area contributed by atoms with Gasteiger partial charge in [0.15, 0.2) is 6.10 Å². The average molecular weight is 353 g/mol. The highest BCUT2D eigenvalue weighted by Gasteiger charge is 2.21. The van der Waals surface area contributed by atoms with E-state index in [2.05, 4.69) is 0 Å². The first-order chi connectivity index (χ1) is 10.8. The summed E-state index contributed by atoms with van der Waals surface area (Å²) in [5.74, 6) is -0.426. The molecule has 122 valence electrons. The quantitative estimate of drug-likeness (QED) is 0.823. The van der Waals surface area contributed by atoms with Gasteiger partial charge in [0.2, 0.25) is 0 Å². The van der Waals surface area contributed by atoms with Crippen molar-refractivity contribution in [2.45, 2.75) is 33.3 Å². The molecule has 0 amide bonds. The SMILES string of the molecule is Cc1cc(C)c(C)c(OC(Cc2ccc(Cl)c(Cl)c2)C(=O)O)c1. The molecule has 0 heterocycles. The van der Waals surface area contributed by atoms with E-state index in [-0.39, 0.29) is 6.42 Å². The molecule has 2 rings (SSSR count). The fourth-order valence-electron chi connectivity index (χ4n) is 2.34. The molecule has 23 heavy (non-hydrogen) atoms. The van der Waals surface area contributed by atoms with E-state index in [1.54, 1.807) is 18.2 Å². The van der Waals surface area contributed by atoms with Crippen LogP contribution in [0.5, 0.6) is 5.75 Å². The number of hydrogen-bond donors (Lipinski definition) is 1. The Hall–Kier alpha value is -1.71. The van der Waals surface area contributed by atoms with E-state index in [0.29, 0.717) is 15.8 Å². The van der Waals surface area contributed by atoms with Crippen LogP contribution in [0.3, 0.4) is 0 Å². The van der Waals surface area contributed by atoms with E-state index in [9.17, 15) is 9.90 Å². The summed E-state index contributed by atoms with van der Waals surface area (Å²) >= 11 is 11.9. The number of benzene rings is 2. The number of rotatable bonds is 5. The Kier molecular flexibility index (Phi) is 5.55. The first kappa shape index (κ1) is 17.6. The molecule has 3 nitrogen and oxygen atoms in total. The monoisotopic (exact) mass is 352 g/mol. The maximum atomic E-state index is 11.6. The third-order valence-corrected chi connectivity index (χ3v) is 4.45. The van der Waals surface area contributed by atoms with Crippen LogP contribution in [0.25, 0.3) is 0 Å². The molecule has 0 fully saturated rings. The van der Waals surface area contributed by atoms with Crippen molar-refractivity contribution in [2.75, 3.05) is 0 Å². The Morgan fingerprint density at radius 3 is 2.43 bits per heavy atom. The molecule has 0 aliphatic heterocycles. The van der Waals surface area contributed by atoms with Gasteiger partial charge in [0.1, 0.15) is 5.75 Å². The van der Waals surface area contributed by atoms with Gasteiger partial charge in [-0.3, -0.25) is 0 Å². The van der Waals surface area contributed by atoms with E-state index in [4.69, 9.17) is 27.9 Å². The van der Waals surface area contributed by atoms with Gasteiger partial charge in [-0.25, -0.2) is 4.79 Å². The van der Waals surface area contributed by atoms with Crippen molar-refractivity contribution < 1.29 is 14.6 Å². The van der Waals surface area contributed by atoms with Crippen LogP contribution in [-0.4, -0.2) is 17.2 Å². The zero-order chi connectivity index (χ0) is 17.1. The van der Waals surface area contributed by atoms with Crippen molar-refractivity contribution in [1.82, 2.24) is 0 Å². The van der Waals surface area contributed by atoms with E-state index < -0.39 is 12.1 Å². The lowest BCUT2D eigenvalue weighted by atomic mass is 10.0. The molecule has 1 atom stereocenters. The van der Waals surface area contributed by atoms with Crippen LogP contribution in [0.4, 0.5) is 0 Å². The number of aryl methyl sites for hydroxylation is 2. The van der Waals surface area contributed by atoms with E-state index >= 15 is 0 Å². The van der Waals surface area contributed by atoms with Crippen LogP contribution >= 0.6 is 23.2 Å². The molecular weight excluding hydrogens is 335 g/mol. The molecule has 2 aromatic carbocycles. The molecule has 0 aliphatic rings. The maximum absolute atomic E-state index is 11.6. The lowest BCUT2D eigenvalue weighted by molar-refractivity contribution is -0.145. The first-order valence-electron chi connectivity index (χ1n) is 7.19. The fraction of sp³-hybridized carbons (Fsp3) is 0.278. The highest BCUT2D eigenvalue weighted by molar-refractivity contribution is 6.42. The van der Waals surface area contributed by atoms with E-state index in [1.165, 1.54) is 0 Å². The first-order valence-corrected chi connectivity index (χ1v) is 7.94. The third-order valence-electron chi connectivity index (χ3n) is 3.71. The molecule has 1 unspecified atom stereocenters. The van der Waals surface area contributed by atoms with Crippen molar-refractivity contribution in [3.8, 4) is 5.75 Å². The number of carboxylic acids is 1. The van der Waals surface area contributed by atoms with Gasteiger partial charge in [-0.2, -0.15) is 0 Å². The number of aliphatic carboxylic acids is 1. The normalized spacial score (nSPS) is 12.0. The van der Waals surface area contributed by atoms with E-state index in [1.807, 2.05) is 32.9 Å². The summed E-state index contributed by atoms with van der Waals surface area (Å²) in [5.41, 5.74) is 3.80. The summed E-state index contributed by atoms with van der Waals surface area (Å²) in [6.07, 6.45) is -0.786. The van der Waals surface area contributed by atoms with Gasteiger partial charge in [0.25, 0.3) is 0 Å². The van der Waals surface area contributed by atoms with Crippen LogP contribution < -0.4 is 4.74 Å². The van der Waals surface area contributed by atoms with Crippen LogP contribution in [0.15, 0.2) is 30.3 Å². The largest absolute Gasteiger partial charge is 0.478 e. The second-order valence-electron chi connectivity index (χ2n) is 5.60.